The number of hydrogen-bond acceptors (Lipinski definition) is 1. The van der Waals surface area contributed by atoms with Gasteiger partial charge in [-0.15, -0.1) is 12.4 Å². The number of nitrogens with zero attached hydrogens (tertiary/aromatic N) is 1. The molecule has 0 aromatic heterocycles. The van der Waals surface area contributed by atoms with Crippen LogP contribution in [0.15, 0.2) is 18.2 Å². The Balaban J connectivity index is 0.00000133. The van der Waals surface area contributed by atoms with Gasteiger partial charge in [-0.1, -0.05) is 42.6 Å². The molecule has 1 heterocycles. The highest BCUT2D eigenvalue weighted by Crippen LogP contribution is 2.59. The van der Waals surface area contributed by atoms with Crippen molar-refractivity contribution in [1.29, 1.82) is 0 Å². The van der Waals surface area contributed by atoms with Crippen molar-refractivity contribution < 1.29 is 0 Å². The summed E-state index contributed by atoms with van der Waals surface area (Å²) in [6.45, 7) is 5.97. The Labute approximate surface area is 131 Å². The highest BCUT2D eigenvalue weighted by Gasteiger charge is 2.60. The summed E-state index contributed by atoms with van der Waals surface area (Å²) in [7, 11) is 0. The van der Waals surface area contributed by atoms with Crippen LogP contribution >= 0.6 is 35.6 Å². The number of unbranched alkanes of at least 4 members (excludes halogenated alkanes) is 1. The van der Waals surface area contributed by atoms with E-state index in [4.69, 9.17) is 23.2 Å². The number of likely N-dealkylation sites (tertiary alicyclic amines) is 1. The van der Waals surface area contributed by atoms with Crippen LogP contribution < -0.4 is 0 Å². The number of benzene rings is 1. The van der Waals surface area contributed by atoms with Gasteiger partial charge in [0.15, 0.2) is 0 Å². The molecule has 19 heavy (non-hydrogen) atoms. The van der Waals surface area contributed by atoms with Gasteiger partial charge < -0.3 is 4.90 Å². The van der Waals surface area contributed by atoms with Gasteiger partial charge in [-0.25, -0.2) is 0 Å². The first kappa shape index (κ1) is 15.4. The number of rotatable bonds is 4. The molecule has 0 spiro atoms. The Kier molecular flexibility index (Phi) is 4.72. The van der Waals surface area contributed by atoms with Crippen LogP contribution in [0.3, 0.4) is 0 Å². The Morgan fingerprint density at radius 3 is 2.79 bits per heavy atom. The van der Waals surface area contributed by atoms with Crippen molar-refractivity contribution in [2.45, 2.75) is 31.6 Å². The second-order valence-electron chi connectivity index (χ2n) is 5.77. The Morgan fingerprint density at radius 1 is 1.32 bits per heavy atom. The first-order valence-corrected chi connectivity index (χ1v) is 7.59. The molecule has 106 valence electrons. The minimum absolute atomic E-state index is 0. The molecule has 1 aliphatic carbocycles. The van der Waals surface area contributed by atoms with Crippen molar-refractivity contribution in [2.75, 3.05) is 19.6 Å². The molecule has 0 radical (unpaired) electrons. The van der Waals surface area contributed by atoms with Crippen LogP contribution in [0.25, 0.3) is 0 Å². The average Bonchev–Trinajstić information content (AvgIpc) is 2.93. The number of piperidine rings is 1. The standard InChI is InChI=1S/C15H19Cl2N.ClH/c1-2-3-6-18-9-12-8-15(12,10-18)11-4-5-13(16)14(17)7-11;/h4-5,7,12H,2-3,6,8-10H2,1H3;1H. The maximum atomic E-state index is 6.15. The summed E-state index contributed by atoms with van der Waals surface area (Å²) < 4.78 is 0. The summed E-state index contributed by atoms with van der Waals surface area (Å²) in [5.41, 5.74) is 1.78. The van der Waals surface area contributed by atoms with Crippen molar-refractivity contribution >= 4 is 35.6 Å². The third-order valence-corrected chi connectivity index (χ3v) is 5.28. The molecule has 2 unspecified atom stereocenters. The molecule has 3 rings (SSSR count). The summed E-state index contributed by atoms with van der Waals surface area (Å²) in [5.74, 6) is 0.839. The molecule has 4 heteroatoms. The van der Waals surface area contributed by atoms with Gasteiger partial charge in [0.1, 0.15) is 0 Å². The number of fused-ring (bicyclic) bond motifs is 1. The second kappa shape index (κ2) is 5.81. The first-order chi connectivity index (χ1) is 8.65. The van der Waals surface area contributed by atoms with Crippen LogP contribution in [0.2, 0.25) is 10.0 Å². The van der Waals surface area contributed by atoms with E-state index in [2.05, 4.69) is 24.0 Å². The van der Waals surface area contributed by atoms with Crippen LogP contribution in [0, 0.1) is 5.92 Å². The molecular weight excluding hydrogens is 301 g/mol. The minimum Gasteiger partial charge on any atom is -0.302 e. The van der Waals surface area contributed by atoms with Crippen LogP contribution in [-0.4, -0.2) is 24.5 Å². The van der Waals surface area contributed by atoms with E-state index in [1.165, 1.54) is 44.5 Å². The molecule has 0 N–H and O–H groups in total. The van der Waals surface area contributed by atoms with Crippen LogP contribution in [0.5, 0.6) is 0 Å². The van der Waals surface area contributed by atoms with Crippen LogP contribution in [-0.2, 0) is 5.41 Å². The first-order valence-electron chi connectivity index (χ1n) is 6.83. The summed E-state index contributed by atoms with van der Waals surface area (Å²) in [6, 6.07) is 6.18. The zero-order valence-electron chi connectivity index (χ0n) is 11.2. The van der Waals surface area contributed by atoms with Crippen molar-refractivity contribution in [3.05, 3.63) is 33.8 Å². The SMILES string of the molecule is CCCCN1CC2CC2(c2ccc(Cl)c(Cl)c2)C1.Cl. The lowest BCUT2D eigenvalue weighted by Crippen LogP contribution is -2.27. The summed E-state index contributed by atoms with van der Waals surface area (Å²) in [6.07, 6.45) is 3.92. The third kappa shape index (κ3) is 2.76. The molecule has 0 amide bonds. The predicted molar refractivity (Wildman–Crippen MR) is 84.8 cm³/mol. The monoisotopic (exact) mass is 319 g/mol. The normalized spacial score (nSPS) is 28.9. The lowest BCUT2D eigenvalue weighted by Gasteiger charge is -2.21. The number of hydrogen-bond donors (Lipinski definition) is 0. The zero-order valence-corrected chi connectivity index (χ0v) is 13.5. The van der Waals surface area contributed by atoms with Gasteiger partial charge in [0, 0.05) is 18.5 Å². The van der Waals surface area contributed by atoms with Crippen molar-refractivity contribution in [3.8, 4) is 0 Å². The fraction of sp³-hybridized carbons (Fsp3) is 0.600. The van der Waals surface area contributed by atoms with E-state index in [1.807, 2.05) is 6.07 Å². The van der Waals surface area contributed by atoms with Gasteiger partial charge in [-0.3, -0.25) is 0 Å². The van der Waals surface area contributed by atoms with E-state index in [0.717, 1.165) is 5.92 Å². The van der Waals surface area contributed by atoms with E-state index in [0.29, 0.717) is 15.5 Å². The molecule has 2 fully saturated rings. The van der Waals surface area contributed by atoms with Gasteiger partial charge in [0.2, 0.25) is 0 Å². The number of halogens is 3. The van der Waals surface area contributed by atoms with Crippen LogP contribution in [0.1, 0.15) is 31.7 Å². The maximum Gasteiger partial charge on any atom is 0.0595 e. The predicted octanol–water partition coefficient (Wildman–Crippen LogP) is 4.79. The van der Waals surface area contributed by atoms with E-state index >= 15 is 0 Å². The van der Waals surface area contributed by atoms with E-state index in [-0.39, 0.29) is 12.4 Å². The topological polar surface area (TPSA) is 3.24 Å². The summed E-state index contributed by atoms with van der Waals surface area (Å²) in [4.78, 5) is 2.61. The summed E-state index contributed by atoms with van der Waals surface area (Å²) in [5, 5.41) is 1.36. The Morgan fingerprint density at radius 2 is 2.11 bits per heavy atom. The fourth-order valence-corrected chi connectivity index (χ4v) is 3.69. The van der Waals surface area contributed by atoms with Crippen molar-refractivity contribution in [3.63, 3.8) is 0 Å². The Bertz CT molecular complexity index is 463. The summed E-state index contributed by atoms with van der Waals surface area (Å²) >= 11 is 12.1. The molecule has 1 aliphatic heterocycles. The molecule has 0 bridgehead atoms. The maximum absolute atomic E-state index is 6.15. The smallest absolute Gasteiger partial charge is 0.0595 e. The molecule has 1 nitrogen and oxygen atoms in total. The quantitative estimate of drug-likeness (QED) is 0.771. The average molecular weight is 321 g/mol. The molecule has 1 aromatic rings. The minimum atomic E-state index is 0. The van der Waals surface area contributed by atoms with Gasteiger partial charge >= 0.3 is 0 Å². The van der Waals surface area contributed by atoms with Gasteiger partial charge in [0.05, 0.1) is 10.0 Å². The van der Waals surface area contributed by atoms with Crippen LogP contribution in [0.4, 0.5) is 0 Å². The van der Waals surface area contributed by atoms with Crippen molar-refractivity contribution in [1.82, 2.24) is 4.90 Å². The largest absolute Gasteiger partial charge is 0.302 e. The molecule has 1 saturated carbocycles. The van der Waals surface area contributed by atoms with E-state index in [9.17, 15) is 0 Å². The molecule has 1 aromatic carbocycles. The highest BCUT2D eigenvalue weighted by atomic mass is 35.5. The lowest BCUT2D eigenvalue weighted by atomic mass is 9.95. The molecular formula is C15H20Cl3N. The molecule has 2 aliphatic rings. The van der Waals surface area contributed by atoms with Crippen molar-refractivity contribution in [2.24, 2.45) is 5.92 Å². The van der Waals surface area contributed by atoms with E-state index < -0.39 is 0 Å². The Hall–Kier alpha value is 0.0500. The molecule has 2 atom stereocenters. The van der Waals surface area contributed by atoms with Gasteiger partial charge in [-0.05, 0) is 43.0 Å². The zero-order chi connectivity index (χ0) is 12.8. The highest BCUT2D eigenvalue weighted by molar-refractivity contribution is 6.42. The van der Waals surface area contributed by atoms with E-state index in [1.54, 1.807) is 0 Å². The second-order valence-corrected chi connectivity index (χ2v) is 6.59. The fourth-order valence-electron chi connectivity index (χ4n) is 3.39. The molecule has 1 saturated heterocycles. The third-order valence-electron chi connectivity index (χ3n) is 4.54. The lowest BCUT2D eigenvalue weighted by molar-refractivity contribution is 0.293. The van der Waals surface area contributed by atoms with Gasteiger partial charge in [-0.2, -0.15) is 0 Å². The van der Waals surface area contributed by atoms with Gasteiger partial charge in [0.25, 0.3) is 0 Å².